The Labute approximate surface area is 158 Å². The van der Waals surface area contributed by atoms with Crippen LogP contribution in [-0.2, 0) is 17.6 Å². The van der Waals surface area contributed by atoms with Crippen LogP contribution in [0, 0.1) is 16.0 Å². The number of piperidine rings is 1. The zero-order valence-electron chi connectivity index (χ0n) is 15.5. The van der Waals surface area contributed by atoms with Gasteiger partial charge in [0, 0.05) is 24.7 Å². The highest BCUT2D eigenvalue weighted by molar-refractivity contribution is 5.80. The van der Waals surface area contributed by atoms with Crippen molar-refractivity contribution in [2.45, 2.75) is 25.7 Å². The zero-order chi connectivity index (χ0) is 19.2. The normalized spacial score (nSPS) is 14.8. The fourth-order valence-electron chi connectivity index (χ4n) is 3.59. The first-order chi connectivity index (χ1) is 13.1. The Bertz CT molecular complexity index is 796. The largest absolute Gasteiger partial charge is 0.497 e. The van der Waals surface area contributed by atoms with Gasteiger partial charge in [-0.25, -0.2) is 0 Å². The molecular weight excluding hydrogens is 344 g/mol. The Hall–Kier alpha value is -2.89. The number of rotatable bonds is 6. The number of likely N-dealkylation sites (tertiary alicyclic amines) is 1. The summed E-state index contributed by atoms with van der Waals surface area (Å²) in [6.07, 6.45) is 2.99. The van der Waals surface area contributed by atoms with Gasteiger partial charge in [-0.2, -0.15) is 0 Å². The number of hydrogen-bond acceptors (Lipinski definition) is 4. The predicted octanol–water partition coefficient (Wildman–Crippen LogP) is 3.63. The summed E-state index contributed by atoms with van der Waals surface area (Å²) in [6, 6.07) is 14.6. The van der Waals surface area contributed by atoms with Gasteiger partial charge in [0.05, 0.1) is 18.5 Å². The lowest BCUT2D eigenvalue weighted by Crippen LogP contribution is -2.39. The molecule has 3 rings (SSSR count). The fourth-order valence-corrected chi connectivity index (χ4v) is 3.59. The number of nitro groups is 1. The van der Waals surface area contributed by atoms with E-state index in [1.54, 1.807) is 25.3 Å². The van der Waals surface area contributed by atoms with Gasteiger partial charge in [0.2, 0.25) is 5.91 Å². The van der Waals surface area contributed by atoms with Crippen LogP contribution in [0.1, 0.15) is 24.0 Å². The predicted molar refractivity (Wildman–Crippen MR) is 103 cm³/mol. The van der Waals surface area contributed by atoms with Crippen molar-refractivity contribution in [3.63, 3.8) is 0 Å². The van der Waals surface area contributed by atoms with Crippen LogP contribution in [0.25, 0.3) is 0 Å². The Balaban J connectivity index is 1.52. The summed E-state index contributed by atoms with van der Waals surface area (Å²) in [4.78, 5) is 25.1. The summed E-state index contributed by atoms with van der Waals surface area (Å²) in [7, 11) is 1.66. The van der Waals surface area contributed by atoms with Crippen LogP contribution in [0.15, 0.2) is 48.5 Å². The van der Waals surface area contributed by atoms with Crippen molar-refractivity contribution < 1.29 is 14.5 Å². The van der Waals surface area contributed by atoms with Crippen LogP contribution in [0.5, 0.6) is 5.75 Å². The number of benzene rings is 2. The van der Waals surface area contributed by atoms with Crippen molar-refractivity contribution in [2.24, 2.45) is 5.92 Å². The topological polar surface area (TPSA) is 72.7 Å². The molecule has 0 unspecified atom stereocenters. The Morgan fingerprint density at radius 1 is 1.15 bits per heavy atom. The maximum absolute atomic E-state index is 12.6. The van der Waals surface area contributed by atoms with Gasteiger partial charge in [0.25, 0.3) is 5.69 Å². The number of ether oxygens (including phenoxy) is 1. The standard InChI is InChI=1S/C21H24N2O4/c1-27-19-8-6-16(7-9-19)14-17-10-12-22(13-11-17)21(24)15-18-4-2-3-5-20(18)23(25)26/h2-9,17H,10-15H2,1H3. The number of methoxy groups -OCH3 is 1. The lowest BCUT2D eigenvalue weighted by Gasteiger charge is -2.32. The van der Waals surface area contributed by atoms with E-state index in [9.17, 15) is 14.9 Å². The maximum Gasteiger partial charge on any atom is 0.273 e. The van der Waals surface area contributed by atoms with Crippen molar-refractivity contribution in [3.05, 3.63) is 69.8 Å². The minimum Gasteiger partial charge on any atom is -0.497 e. The van der Waals surface area contributed by atoms with E-state index in [4.69, 9.17) is 4.74 Å². The molecule has 1 amide bonds. The van der Waals surface area contributed by atoms with E-state index in [-0.39, 0.29) is 18.0 Å². The minimum atomic E-state index is -0.427. The van der Waals surface area contributed by atoms with Gasteiger partial charge in [-0.15, -0.1) is 0 Å². The Kier molecular flexibility index (Phi) is 6.06. The second-order valence-electron chi connectivity index (χ2n) is 6.94. The molecule has 0 atom stereocenters. The van der Waals surface area contributed by atoms with Crippen molar-refractivity contribution in [1.82, 2.24) is 4.90 Å². The first kappa shape index (κ1) is 18.9. The minimum absolute atomic E-state index is 0.0141. The molecule has 0 radical (unpaired) electrons. The lowest BCUT2D eigenvalue weighted by atomic mass is 9.90. The number of carbonyl (C=O) groups is 1. The average molecular weight is 368 g/mol. The van der Waals surface area contributed by atoms with E-state index in [0.29, 0.717) is 24.6 Å². The smallest absolute Gasteiger partial charge is 0.273 e. The van der Waals surface area contributed by atoms with Crippen molar-refractivity contribution in [3.8, 4) is 5.75 Å². The summed E-state index contributed by atoms with van der Waals surface area (Å²) in [5, 5.41) is 11.1. The molecule has 1 heterocycles. The molecule has 1 aliphatic rings. The van der Waals surface area contributed by atoms with E-state index in [1.807, 2.05) is 17.0 Å². The summed E-state index contributed by atoms with van der Waals surface area (Å²) in [6.45, 7) is 1.42. The molecule has 2 aromatic carbocycles. The summed E-state index contributed by atoms with van der Waals surface area (Å²) in [5.74, 6) is 1.37. The van der Waals surface area contributed by atoms with Crippen LogP contribution in [0.2, 0.25) is 0 Å². The third-order valence-corrected chi connectivity index (χ3v) is 5.18. The average Bonchev–Trinajstić information content (AvgIpc) is 2.69. The van der Waals surface area contributed by atoms with Gasteiger partial charge < -0.3 is 9.64 Å². The van der Waals surface area contributed by atoms with Crippen LogP contribution < -0.4 is 4.74 Å². The van der Waals surface area contributed by atoms with Crippen LogP contribution in [0.4, 0.5) is 5.69 Å². The number of amides is 1. The van der Waals surface area contributed by atoms with Gasteiger partial charge in [0.15, 0.2) is 0 Å². The van der Waals surface area contributed by atoms with Gasteiger partial charge in [0.1, 0.15) is 5.75 Å². The molecule has 0 aromatic heterocycles. The first-order valence-electron chi connectivity index (χ1n) is 9.20. The number of nitrogens with zero attached hydrogens (tertiary/aromatic N) is 2. The highest BCUT2D eigenvalue weighted by Crippen LogP contribution is 2.24. The van der Waals surface area contributed by atoms with Crippen LogP contribution in [-0.4, -0.2) is 35.9 Å². The molecule has 1 fully saturated rings. The van der Waals surface area contributed by atoms with E-state index in [0.717, 1.165) is 25.0 Å². The van der Waals surface area contributed by atoms with Gasteiger partial charge in [-0.05, 0) is 42.9 Å². The Morgan fingerprint density at radius 2 is 1.81 bits per heavy atom. The van der Waals surface area contributed by atoms with Crippen LogP contribution >= 0.6 is 0 Å². The molecule has 0 bridgehead atoms. The lowest BCUT2D eigenvalue weighted by molar-refractivity contribution is -0.385. The van der Waals surface area contributed by atoms with Gasteiger partial charge in [-0.1, -0.05) is 30.3 Å². The molecule has 142 valence electrons. The molecule has 0 saturated carbocycles. The monoisotopic (exact) mass is 368 g/mol. The molecule has 2 aromatic rings. The second kappa shape index (κ2) is 8.66. The van der Waals surface area contributed by atoms with Crippen LogP contribution in [0.3, 0.4) is 0 Å². The van der Waals surface area contributed by atoms with Crippen molar-refractivity contribution in [2.75, 3.05) is 20.2 Å². The van der Waals surface area contributed by atoms with E-state index < -0.39 is 4.92 Å². The molecule has 1 aliphatic heterocycles. The molecule has 6 nitrogen and oxygen atoms in total. The van der Waals surface area contributed by atoms with E-state index in [1.165, 1.54) is 11.6 Å². The maximum atomic E-state index is 12.6. The molecule has 1 saturated heterocycles. The second-order valence-corrected chi connectivity index (χ2v) is 6.94. The highest BCUT2D eigenvalue weighted by atomic mass is 16.6. The van der Waals surface area contributed by atoms with E-state index in [2.05, 4.69) is 12.1 Å². The molecule has 6 heteroatoms. The van der Waals surface area contributed by atoms with E-state index >= 15 is 0 Å². The molecular formula is C21H24N2O4. The summed E-state index contributed by atoms with van der Waals surface area (Å²) < 4.78 is 5.19. The van der Waals surface area contributed by atoms with Gasteiger partial charge in [-0.3, -0.25) is 14.9 Å². The molecule has 0 spiro atoms. The zero-order valence-corrected chi connectivity index (χ0v) is 15.5. The Morgan fingerprint density at radius 3 is 2.44 bits per heavy atom. The number of carbonyl (C=O) groups excluding carboxylic acids is 1. The molecule has 0 aliphatic carbocycles. The highest BCUT2D eigenvalue weighted by Gasteiger charge is 2.24. The van der Waals surface area contributed by atoms with Crippen molar-refractivity contribution in [1.29, 1.82) is 0 Å². The third kappa shape index (κ3) is 4.84. The first-order valence-corrected chi connectivity index (χ1v) is 9.20. The van der Waals surface area contributed by atoms with Crippen molar-refractivity contribution >= 4 is 11.6 Å². The molecule has 27 heavy (non-hydrogen) atoms. The SMILES string of the molecule is COc1ccc(CC2CCN(C(=O)Cc3ccccc3[N+](=O)[O-])CC2)cc1. The summed E-state index contributed by atoms with van der Waals surface area (Å²) >= 11 is 0. The summed E-state index contributed by atoms with van der Waals surface area (Å²) in [5.41, 5.74) is 1.77. The molecule has 0 N–H and O–H groups in total. The number of nitro benzene ring substituents is 1. The quantitative estimate of drug-likeness (QED) is 0.576. The number of hydrogen-bond donors (Lipinski definition) is 0. The number of para-hydroxylation sites is 1. The fraction of sp³-hybridized carbons (Fsp3) is 0.381. The van der Waals surface area contributed by atoms with Gasteiger partial charge >= 0.3 is 0 Å². The third-order valence-electron chi connectivity index (χ3n) is 5.18.